The molecule has 0 amide bonds. The van der Waals surface area contributed by atoms with Gasteiger partial charge in [-0.05, 0) is 44.2 Å². The van der Waals surface area contributed by atoms with Crippen molar-refractivity contribution in [3.05, 3.63) is 21.3 Å². The lowest BCUT2D eigenvalue weighted by atomic mass is 9.87. The minimum Gasteiger partial charge on any atom is -0.393 e. The Hall–Kier alpha value is -0.0900. The van der Waals surface area contributed by atoms with Gasteiger partial charge in [-0.1, -0.05) is 11.6 Å². The van der Waals surface area contributed by atoms with Crippen molar-refractivity contribution in [2.24, 2.45) is 5.92 Å². The Balaban J connectivity index is 1.64. The van der Waals surface area contributed by atoms with Crippen LogP contribution >= 0.6 is 22.9 Å². The summed E-state index contributed by atoms with van der Waals surface area (Å²) in [5.41, 5.74) is 0. The molecule has 2 nitrogen and oxygen atoms in total. The van der Waals surface area contributed by atoms with Crippen LogP contribution < -0.4 is 5.32 Å². The fourth-order valence-electron chi connectivity index (χ4n) is 2.19. The number of halogens is 1. The van der Waals surface area contributed by atoms with Crippen LogP contribution in [0.5, 0.6) is 0 Å². The standard InChI is InChI=1S/C12H18ClNOS/c13-10-5-12(16-8-10)7-14-6-9-1-3-11(15)4-2-9/h5,8-9,11,14-15H,1-4,6-7H2. The van der Waals surface area contributed by atoms with Gasteiger partial charge in [-0.3, -0.25) is 0 Å². The van der Waals surface area contributed by atoms with Crippen LogP contribution in [0.4, 0.5) is 0 Å². The number of hydrogen-bond acceptors (Lipinski definition) is 3. The van der Waals surface area contributed by atoms with Crippen LogP contribution in [0.3, 0.4) is 0 Å². The molecule has 0 unspecified atom stereocenters. The molecule has 0 spiro atoms. The van der Waals surface area contributed by atoms with Gasteiger partial charge in [0, 0.05) is 16.8 Å². The predicted octanol–water partition coefficient (Wildman–Crippen LogP) is 3.04. The highest BCUT2D eigenvalue weighted by Crippen LogP contribution is 2.24. The molecule has 0 bridgehead atoms. The molecule has 0 aliphatic heterocycles. The van der Waals surface area contributed by atoms with Gasteiger partial charge in [-0.15, -0.1) is 11.3 Å². The average molecular weight is 260 g/mol. The van der Waals surface area contributed by atoms with Crippen LogP contribution in [0.2, 0.25) is 5.02 Å². The molecule has 1 saturated carbocycles. The smallest absolute Gasteiger partial charge is 0.0540 e. The number of hydrogen-bond donors (Lipinski definition) is 2. The van der Waals surface area contributed by atoms with Gasteiger partial charge >= 0.3 is 0 Å². The Morgan fingerprint density at radius 1 is 1.38 bits per heavy atom. The summed E-state index contributed by atoms with van der Waals surface area (Å²) in [5, 5.41) is 15.7. The van der Waals surface area contributed by atoms with Gasteiger partial charge in [0.05, 0.1) is 11.1 Å². The van der Waals surface area contributed by atoms with Gasteiger partial charge in [0.1, 0.15) is 0 Å². The number of rotatable bonds is 4. The molecule has 2 rings (SSSR count). The van der Waals surface area contributed by atoms with Gasteiger partial charge in [-0.25, -0.2) is 0 Å². The molecule has 4 heteroatoms. The van der Waals surface area contributed by atoms with Crippen LogP contribution in [-0.2, 0) is 6.54 Å². The Bertz CT molecular complexity index is 321. The minimum atomic E-state index is -0.0487. The molecule has 2 N–H and O–H groups in total. The number of thiophene rings is 1. The summed E-state index contributed by atoms with van der Waals surface area (Å²) in [6.45, 7) is 1.97. The van der Waals surface area contributed by atoms with Crippen molar-refractivity contribution in [2.45, 2.75) is 38.3 Å². The quantitative estimate of drug-likeness (QED) is 0.871. The maximum absolute atomic E-state index is 9.40. The Morgan fingerprint density at radius 3 is 2.75 bits per heavy atom. The topological polar surface area (TPSA) is 32.3 Å². The lowest BCUT2D eigenvalue weighted by Gasteiger charge is -2.25. The van der Waals surface area contributed by atoms with Gasteiger partial charge in [-0.2, -0.15) is 0 Å². The second kappa shape index (κ2) is 6.01. The maximum Gasteiger partial charge on any atom is 0.0540 e. The lowest BCUT2D eigenvalue weighted by molar-refractivity contribution is 0.108. The molecule has 1 aliphatic carbocycles. The van der Waals surface area contributed by atoms with Crippen molar-refractivity contribution < 1.29 is 5.11 Å². The minimum absolute atomic E-state index is 0.0487. The van der Waals surface area contributed by atoms with E-state index in [1.54, 1.807) is 11.3 Å². The van der Waals surface area contributed by atoms with Gasteiger partial charge in [0.25, 0.3) is 0 Å². The van der Waals surface area contributed by atoms with E-state index < -0.39 is 0 Å². The summed E-state index contributed by atoms with van der Waals surface area (Å²) < 4.78 is 0. The normalized spacial score (nSPS) is 25.9. The molecule has 1 aromatic rings. The Kier molecular flexibility index (Phi) is 4.65. The predicted molar refractivity (Wildman–Crippen MR) is 69.0 cm³/mol. The summed E-state index contributed by atoms with van der Waals surface area (Å²) in [5.74, 6) is 0.735. The van der Waals surface area contributed by atoms with E-state index in [0.29, 0.717) is 0 Å². The van der Waals surface area contributed by atoms with E-state index in [-0.39, 0.29) is 6.10 Å². The number of nitrogens with one attached hydrogen (secondary N) is 1. The first-order valence-electron chi connectivity index (χ1n) is 5.85. The fourth-order valence-corrected chi connectivity index (χ4v) is 3.24. The molecule has 90 valence electrons. The van der Waals surface area contributed by atoms with E-state index in [1.807, 2.05) is 11.4 Å². The number of aliphatic hydroxyl groups excluding tert-OH is 1. The fraction of sp³-hybridized carbons (Fsp3) is 0.667. The van der Waals surface area contributed by atoms with E-state index >= 15 is 0 Å². The third-order valence-corrected chi connectivity index (χ3v) is 4.45. The molecular weight excluding hydrogens is 242 g/mol. The first-order chi connectivity index (χ1) is 7.74. The summed E-state index contributed by atoms with van der Waals surface area (Å²) in [4.78, 5) is 1.29. The van der Waals surface area contributed by atoms with Crippen LogP contribution in [0.1, 0.15) is 30.6 Å². The monoisotopic (exact) mass is 259 g/mol. The number of aliphatic hydroxyl groups is 1. The van der Waals surface area contributed by atoms with Crippen molar-refractivity contribution in [3.8, 4) is 0 Å². The highest BCUT2D eigenvalue weighted by atomic mass is 35.5. The Labute approximate surface area is 106 Å². The van der Waals surface area contributed by atoms with Crippen LogP contribution in [0, 0.1) is 5.92 Å². The maximum atomic E-state index is 9.40. The van der Waals surface area contributed by atoms with Gasteiger partial charge in [0.15, 0.2) is 0 Å². The zero-order valence-corrected chi connectivity index (χ0v) is 10.9. The highest BCUT2D eigenvalue weighted by Gasteiger charge is 2.18. The van der Waals surface area contributed by atoms with Crippen LogP contribution in [-0.4, -0.2) is 17.8 Å². The summed E-state index contributed by atoms with van der Waals surface area (Å²) >= 11 is 7.56. The SMILES string of the molecule is OC1CCC(CNCc2cc(Cl)cs2)CC1. The summed E-state index contributed by atoms with van der Waals surface area (Å²) in [6, 6.07) is 2.02. The van der Waals surface area contributed by atoms with Crippen molar-refractivity contribution in [1.82, 2.24) is 5.32 Å². The molecule has 0 radical (unpaired) electrons. The van der Waals surface area contributed by atoms with E-state index in [2.05, 4.69) is 5.32 Å². The summed E-state index contributed by atoms with van der Waals surface area (Å²) in [7, 11) is 0. The molecule has 0 aromatic carbocycles. The third kappa shape index (κ3) is 3.74. The second-order valence-electron chi connectivity index (χ2n) is 4.54. The molecule has 1 aromatic heterocycles. The van der Waals surface area contributed by atoms with Crippen LogP contribution in [0.25, 0.3) is 0 Å². The molecule has 0 atom stereocenters. The Morgan fingerprint density at radius 2 is 2.12 bits per heavy atom. The molecule has 1 aliphatic rings. The highest BCUT2D eigenvalue weighted by molar-refractivity contribution is 7.10. The zero-order valence-electron chi connectivity index (χ0n) is 9.29. The first-order valence-corrected chi connectivity index (χ1v) is 7.11. The third-order valence-electron chi connectivity index (χ3n) is 3.17. The van der Waals surface area contributed by atoms with Crippen LogP contribution in [0.15, 0.2) is 11.4 Å². The largest absolute Gasteiger partial charge is 0.393 e. The molecule has 1 heterocycles. The lowest BCUT2D eigenvalue weighted by Crippen LogP contribution is -2.27. The summed E-state index contributed by atoms with van der Waals surface area (Å²) in [6.07, 6.45) is 4.19. The molecular formula is C12H18ClNOS. The van der Waals surface area contributed by atoms with Crippen molar-refractivity contribution in [3.63, 3.8) is 0 Å². The second-order valence-corrected chi connectivity index (χ2v) is 5.97. The zero-order chi connectivity index (χ0) is 11.4. The van der Waals surface area contributed by atoms with E-state index in [9.17, 15) is 5.11 Å². The molecule has 16 heavy (non-hydrogen) atoms. The van der Waals surface area contributed by atoms with Gasteiger partial charge in [0.2, 0.25) is 0 Å². The van der Waals surface area contributed by atoms with Crippen molar-refractivity contribution in [2.75, 3.05) is 6.54 Å². The van der Waals surface area contributed by atoms with Gasteiger partial charge < -0.3 is 10.4 Å². The van der Waals surface area contributed by atoms with Crippen molar-refractivity contribution in [1.29, 1.82) is 0 Å². The van der Waals surface area contributed by atoms with E-state index in [4.69, 9.17) is 11.6 Å². The van der Waals surface area contributed by atoms with E-state index in [0.717, 1.165) is 49.7 Å². The first kappa shape index (κ1) is 12.4. The van der Waals surface area contributed by atoms with E-state index in [1.165, 1.54) is 4.88 Å². The molecule has 1 fully saturated rings. The van der Waals surface area contributed by atoms with Crippen molar-refractivity contribution >= 4 is 22.9 Å². The molecule has 0 saturated heterocycles. The average Bonchev–Trinajstić information content (AvgIpc) is 2.67.